The predicted molar refractivity (Wildman–Crippen MR) is 89.8 cm³/mol. The third kappa shape index (κ3) is 3.27. The molecule has 1 fully saturated rings. The number of ether oxygens (including phenoxy) is 1. The highest BCUT2D eigenvalue weighted by atomic mass is 16.5. The van der Waals surface area contributed by atoms with Gasteiger partial charge in [0.15, 0.2) is 0 Å². The molecule has 0 saturated carbocycles. The van der Waals surface area contributed by atoms with Crippen LogP contribution < -0.4 is 4.74 Å². The molecule has 126 valence electrons. The summed E-state index contributed by atoms with van der Waals surface area (Å²) in [6, 6.07) is 14.3. The lowest BCUT2D eigenvalue weighted by Crippen LogP contribution is -2.31. The van der Waals surface area contributed by atoms with Crippen LogP contribution in [0.4, 0.5) is 0 Å². The Labute approximate surface area is 141 Å². The number of carbonyl (C=O) groups excluding carboxylic acids is 1. The van der Waals surface area contributed by atoms with E-state index in [1.165, 1.54) is 0 Å². The quantitative estimate of drug-likeness (QED) is 0.903. The summed E-state index contributed by atoms with van der Waals surface area (Å²) in [5, 5.41) is 19.3. The summed E-state index contributed by atoms with van der Waals surface area (Å²) >= 11 is 0. The molecule has 0 spiro atoms. The van der Waals surface area contributed by atoms with Crippen LogP contribution in [0.15, 0.2) is 48.5 Å². The third-order valence-electron chi connectivity index (χ3n) is 4.37. The molecule has 1 aliphatic heterocycles. The lowest BCUT2D eigenvalue weighted by Gasteiger charge is -2.25. The lowest BCUT2D eigenvalue weighted by molar-refractivity contribution is 0.0715. The fourth-order valence-corrected chi connectivity index (χ4v) is 3.17. The molecule has 1 aliphatic rings. The topological polar surface area (TPSA) is 70.0 Å². The fourth-order valence-electron chi connectivity index (χ4n) is 3.17. The smallest absolute Gasteiger partial charge is 0.254 e. The number of rotatable bonds is 4. The third-order valence-corrected chi connectivity index (χ3v) is 4.37. The van der Waals surface area contributed by atoms with E-state index in [2.05, 4.69) is 0 Å². The molecule has 3 rings (SSSR count). The van der Waals surface area contributed by atoms with Gasteiger partial charge in [-0.25, -0.2) is 0 Å². The van der Waals surface area contributed by atoms with E-state index in [1.807, 2.05) is 24.3 Å². The minimum atomic E-state index is -0.550. The molecule has 5 nitrogen and oxygen atoms in total. The number of amides is 1. The summed E-state index contributed by atoms with van der Waals surface area (Å²) < 4.78 is 5.26. The number of hydrogen-bond acceptors (Lipinski definition) is 4. The van der Waals surface area contributed by atoms with E-state index in [9.17, 15) is 15.0 Å². The Hall–Kier alpha value is -2.37. The van der Waals surface area contributed by atoms with Crippen LogP contribution in [0, 0.1) is 0 Å². The number of β-amino-alcohol motifs (C(OH)–C–C–N with tert-alkyl or cyclic N) is 1. The molecular weight excluding hydrogens is 306 g/mol. The van der Waals surface area contributed by atoms with Gasteiger partial charge in [-0.3, -0.25) is 4.79 Å². The van der Waals surface area contributed by atoms with Gasteiger partial charge in [-0.1, -0.05) is 24.3 Å². The minimum Gasteiger partial charge on any atom is -0.497 e. The monoisotopic (exact) mass is 327 g/mol. The molecule has 2 unspecified atom stereocenters. The van der Waals surface area contributed by atoms with Gasteiger partial charge < -0.3 is 19.8 Å². The molecule has 5 heteroatoms. The van der Waals surface area contributed by atoms with Crippen LogP contribution in [0.3, 0.4) is 0 Å². The summed E-state index contributed by atoms with van der Waals surface area (Å²) in [6.45, 7) is 0.188. The first-order valence-electron chi connectivity index (χ1n) is 7.95. The maximum atomic E-state index is 12.9. The summed E-state index contributed by atoms with van der Waals surface area (Å²) in [4.78, 5) is 14.6. The molecule has 1 amide bonds. The molecule has 1 heterocycles. The maximum absolute atomic E-state index is 12.9. The van der Waals surface area contributed by atoms with Crippen LogP contribution in [0.5, 0.6) is 5.75 Å². The Kier molecular flexibility index (Phi) is 4.83. The van der Waals surface area contributed by atoms with E-state index in [0.29, 0.717) is 24.1 Å². The van der Waals surface area contributed by atoms with E-state index in [4.69, 9.17) is 4.74 Å². The van der Waals surface area contributed by atoms with E-state index in [-0.39, 0.29) is 18.6 Å². The summed E-state index contributed by atoms with van der Waals surface area (Å²) in [5.74, 6) is 0.582. The van der Waals surface area contributed by atoms with Crippen LogP contribution in [0.2, 0.25) is 0 Å². The average molecular weight is 327 g/mol. The fraction of sp³-hybridized carbons (Fsp3) is 0.316. The van der Waals surface area contributed by atoms with Gasteiger partial charge in [0.1, 0.15) is 5.75 Å². The number of hydrogen-bond donors (Lipinski definition) is 2. The Bertz CT molecular complexity index is 731. The maximum Gasteiger partial charge on any atom is 0.254 e. The Morgan fingerprint density at radius 1 is 1.25 bits per heavy atom. The van der Waals surface area contributed by atoms with E-state index in [0.717, 1.165) is 11.3 Å². The van der Waals surface area contributed by atoms with Gasteiger partial charge in [-0.05, 0) is 41.8 Å². The number of carbonyl (C=O) groups is 1. The molecule has 0 bridgehead atoms. The van der Waals surface area contributed by atoms with Gasteiger partial charge in [0.2, 0.25) is 0 Å². The number of aliphatic hydroxyl groups excluding tert-OH is 2. The molecule has 0 radical (unpaired) electrons. The highest BCUT2D eigenvalue weighted by Crippen LogP contribution is 2.34. The van der Waals surface area contributed by atoms with Crippen molar-refractivity contribution in [2.75, 3.05) is 13.7 Å². The second-order valence-corrected chi connectivity index (χ2v) is 6.00. The van der Waals surface area contributed by atoms with E-state index >= 15 is 0 Å². The number of likely N-dealkylation sites (tertiary alicyclic amines) is 1. The van der Waals surface area contributed by atoms with Crippen LogP contribution >= 0.6 is 0 Å². The van der Waals surface area contributed by atoms with Crippen LogP contribution in [0.1, 0.15) is 33.9 Å². The first kappa shape index (κ1) is 16.5. The van der Waals surface area contributed by atoms with Crippen molar-refractivity contribution in [2.24, 2.45) is 0 Å². The second kappa shape index (κ2) is 7.03. The van der Waals surface area contributed by atoms with Crippen molar-refractivity contribution in [2.45, 2.75) is 25.2 Å². The van der Waals surface area contributed by atoms with Crippen molar-refractivity contribution >= 4 is 5.91 Å². The first-order valence-corrected chi connectivity index (χ1v) is 7.95. The van der Waals surface area contributed by atoms with Crippen LogP contribution in [-0.4, -0.2) is 40.8 Å². The molecular formula is C19H21NO4. The van der Waals surface area contributed by atoms with E-state index < -0.39 is 6.10 Å². The zero-order valence-electron chi connectivity index (χ0n) is 13.6. The van der Waals surface area contributed by atoms with Crippen LogP contribution in [0.25, 0.3) is 0 Å². The van der Waals surface area contributed by atoms with Crippen molar-refractivity contribution < 1.29 is 19.7 Å². The highest BCUT2D eigenvalue weighted by Gasteiger charge is 2.35. The summed E-state index contributed by atoms with van der Waals surface area (Å²) in [7, 11) is 1.60. The van der Waals surface area contributed by atoms with Gasteiger partial charge in [0, 0.05) is 12.1 Å². The summed E-state index contributed by atoms with van der Waals surface area (Å²) in [5.41, 5.74) is 2.15. The van der Waals surface area contributed by atoms with E-state index in [1.54, 1.807) is 36.3 Å². The molecule has 0 aromatic heterocycles. The molecule has 2 aromatic carbocycles. The van der Waals surface area contributed by atoms with Gasteiger partial charge in [-0.15, -0.1) is 0 Å². The minimum absolute atomic E-state index is 0.108. The standard InChI is InChI=1S/C19H21NO4/c1-24-17-7-3-5-14(9-17)18-10-16(22)11-20(18)19(23)15-6-2-4-13(8-15)12-21/h2-9,16,18,21-22H,10-12H2,1H3. The van der Waals surface area contributed by atoms with Crippen LogP contribution in [-0.2, 0) is 6.61 Å². The molecule has 2 atom stereocenters. The van der Waals surface area contributed by atoms with Crippen molar-refractivity contribution in [3.8, 4) is 5.75 Å². The van der Waals surface area contributed by atoms with Crippen molar-refractivity contribution in [1.82, 2.24) is 4.90 Å². The number of benzene rings is 2. The molecule has 1 saturated heterocycles. The van der Waals surface area contributed by atoms with Gasteiger partial charge >= 0.3 is 0 Å². The van der Waals surface area contributed by atoms with Gasteiger partial charge in [0.05, 0.1) is 25.9 Å². The highest BCUT2D eigenvalue weighted by molar-refractivity contribution is 5.95. The molecule has 2 N–H and O–H groups in total. The number of methoxy groups -OCH3 is 1. The normalized spacial score (nSPS) is 20.2. The van der Waals surface area contributed by atoms with Crippen molar-refractivity contribution in [3.63, 3.8) is 0 Å². The van der Waals surface area contributed by atoms with Gasteiger partial charge in [-0.2, -0.15) is 0 Å². The average Bonchev–Trinajstić information content (AvgIpc) is 3.03. The van der Waals surface area contributed by atoms with Crippen molar-refractivity contribution in [3.05, 3.63) is 65.2 Å². The Balaban J connectivity index is 1.90. The Morgan fingerprint density at radius 2 is 2.04 bits per heavy atom. The van der Waals surface area contributed by atoms with Gasteiger partial charge in [0.25, 0.3) is 5.91 Å². The molecule has 0 aliphatic carbocycles. The SMILES string of the molecule is COc1cccc(C2CC(O)CN2C(=O)c2cccc(CO)c2)c1. The predicted octanol–water partition coefficient (Wildman–Crippen LogP) is 2.14. The zero-order chi connectivity index (χ0) is 17.1. The first-order chi connectivity index (χ1) is 11.6. The largest absolute Gasteiger partial charge is 0.497 e. The Morgan fingerprint density at radius 3 is 2.79 bits per heavy atom. The zero-order valence-corrected chi connectivity index (χ0v) is 13.6. The second-order valence-electron chi connectivity index (χ2n) is 6.00. The number of aliphatic hydroxyl groups is 2. The molecule has 2 aromatic rings. The number of nitrogens with zero attached hydrogens (tertiary/aromatic N) is 1. The summed E-state index contributed by atoms with van der Waals surface area (Å²) in [6.07, 6.45) is -0.0512. The van der Waals surface area contributed by atoms with Crippen molar-refractivity contribution in [1.29, 1.82) is 0 Å². The lowest BCUT2D eigenvalue weighted by atomic mass is 10.0. The molecule has 24 heavy (non-hydrogen) atoms.